The number of phenols is 1. The van der Waals surface area contributed by atoms with Crippen molar-refractivity contribution in [2.75, 3.05) is 18.5 Å². The Kier molecular flexibility index (Phi) is 4.93. The molecule has 1 aliphatic rings. The van der Waals surface area contributed by atoms with Gasteiger partial charge in [-0.2, -0.15) is 0 Å². The normalized spacial score (nSPS) is 18.3. The van der Waals surface area contributed by atoms with Crippen LogP contribution in [0.15, 0.2) is 48.5 Å². The maximum atomic E-state index is 13.1. The lowest BCUT2D eigenvalue weighted by Crippen LogP contribution is -2.19. The lowest BCUT2D eigenvalue weighted by atomic mass is 10.2. The standard InChI is InChI=1S/C16H17ClNO4P/c17-13-4-6-14(7-5-13)18-16(12-2-8-15(19)9-3-12)23(20)21-10-1-11-22-23/h2-9,16,18-19H,1,10-11H2/t16-/m1/s1. The third kappa shape index (κ3) is 3.88. The second kappa shape index (κ2) is 6.93. The number of halogens is 1. The minimum absolute atomic E-state index is 0.141. The van der Waals surface area contributed by atoms with E-state index in [0.717, 1.165) is 5.69 Å². The SMILES string of the molecule is O=P1([C@@H](Nc2ccc(Cl)cc2)c2ccc(O)cc2)OCCCO1. The quantitative estimate of drug-likeness (QED) is 0.774. The van der Waals surface area contributed by atoms with E-state index in [1.165, 1.54) is 0 Å². The summed E-state index contributed by atoms with van der Waals surface area (Å²) in [7, 11) is -3.36. The zero-order chi connectivity index (χ0) is 16.3. The van der Waals surface area contributed by atoms with Crippen LogP contribution in [0.25, 0.3) is 0 Å². The molecule has 2 N–H and O–H groups in total. The number of benzene rings is 2. The van der Waals surface area contributed by atoms with Crippen LogP contribution in [0, 0.1) is 0 Å². The average molecular weight is 354 g/mol. The van der Waals surface area contributed by atoms with E-state index in [9.17, 15) is 9.67 Å². The predicted octanol–water partition coefficient (Wildman–Crippen LogP) is 4.79. The van der Waals surface area contributed by atoms with Crippen molar-refractivity contribution in [2.45, 2.75) is 12.2 Å². The summed E-state index contributed by atoms with van der Waals surface area (Å²) in [5.74, 6) is -0.521. The summed E-state index contributed by atoms with van der Waals surface area (Å²) in [4.78, 5) is 0. The van der Waals surface area contributed by atoms with Crippen molar-refractivity contribution in [1.82, 2.24) is 0 Å². The van der Waals surface area contributed by atoms with Crippen molar-refractivity contribution in [3.63, 3.8) is 0 Å². The van der Waals surface area contributed by atoms with Gasteiger partial charge in [-0.3, -0.25) is 4.57 Å². The summed E-state index contributed by atoms with van der Waals surface area (Å²) in [5, 5.41) is 13.3. The lowest BCUT2D eigenvalue weighted by molar-refractivity contribution is 0.141. The van der Waals surface area contributed by atoms with Crippen molar-refractivity contribution in [3.8, 4) is 5.75 Å². The van der Waals surface area contributed by atoms with E-state index in [1.807, 2.05) is 0 Å². The monoisotopic (exact) mass is 353 g/mol. The van der Waals surface area contributed by atoms with Crippen LogP contribution >= 0.6 is 19.2 Å². The van der Waals surface area contributed by atoms with E-state index in [4.69, 9.17) is 20.6 Å². The molecule has 7 heteroatoms. The van der Waals surface area contributed by atoms with Crippen LogP contribution in [0.2, 0.25) is 5.02 Å². The van der Waals surface area contributed by atoms with Gasteiger partial charge < -0.3 is 19.5 Å². The van der Waals surface area contributed by atoms with Gasteiger partial charge in [-0.15, -0.1) is 0 Å². The number of nitrogens with one attached hydrogen (secondary N) is 1. The Morgan fingerprint density at radius 1 is 1.04 bits per heavy atom. The largest absolute Gasteiger partial charge is 0.508 e. The smallest absolute Gasteiger partial charge is 0.357 e. The van der Waals surface area contributed by atoms with Crippen molar-refractivity contribution in [3.05, 3.63) is 59.1 Å². The third-order valence-electron chi connectivity index (χ3n) is 3.50. The number of hydrogen-bond acceptors (Lipinski definition) is 5. The first kappa shape index (κ1) is 16.3. The fraction of sp³-hybridized carbons (Fsp3) is 0.250. The minimum Gasteiger partial charge on any atom is -0.508 e. The van der Waals surface area contributed by atoms with Crippen molar-refractivity contribution < 1.29 is 18.7 Å². The Bertz CT molecular complexity index is 695. The predicted molar refractivity (Wildman–Crippen MR) is 90.1 cm³/mol. The van der Waals surface area contributed by atoms with Crippen molar-refractivity contribution in [2.24, 2.45) is 0 Å². The van der Waals surface area contributed by atoms with Crippen molar-refractivity contribution >= 4 is 24.9 Å². The van der Waals surface area contributed by atoms with Gasteiger partial charge in [0.25, 0.3) is 0 Å². The fourth-order valence-electron chi connectivity index (χ4n) is 2.33. The highest BCUT2D eigenvalue weighted by atomic mass is 35.5. The Labute approximate surface area is 139 Å². The zero-order valence-electron chi connectivity index (χ0n) is 12.3. The molecule has 1 saturated heterocycles. The molecule has 3 rings (SSSR count). The molecule has 1 atom stereocenters. The van der Waals surface area contributed by atoms with E-state index in [1.54, 1.807) is 48.5 Å². The molecule has 1 heterocycles. The van der Waals surface area contributed by atoms with Crippen LogP contribution < -0.4 is 5.32 Å². The highest BCUT2D eigenvalue weighted by Gasteiger charge is 2.39. The highest BCUT2D eigenvalue weighted by Crippen LogP contribution is 2.62. The summed E-state index contributed by atoms with van der Waals surface area (Å²) in [6, 6.07) is 13.6. The summed E-state index contributed by atoms with van der Waals surface area (Å²) in [5.41, 5.74) is 1.46. The molecule has 0 amide bonds. The van der Waals surface area contributed by atoms with Gasteiger partial charge in [0.15, 0.2) is 5.78 Å². The molecular weight excluding hydrogens is 337 g/mol. The van der Waals surface area contributed by atoms with Crippen LogP contribution in [0.3, 0.4) is 0 Å². The Morgan fingerprint density at radius 2 is 1.65 bits per heavy atom. The Hall–Kier alpha value is -1.52. The zero-order valence-corrected chi connectivity index (χ0v) is 14.0. The molecule has 0 radical (unpaired) electrons. The van der Waals surface area contributed by atoms with Gasteiger partial charge in [0.1, 0.15) is 5.75 Å². The molecule has 0 aliphatic carbocycles. The first-order valence-corrected chi connectivity index (χ1v) is 9.26. The van der Waals surface area contributed by atoms with Gasteiger partial charge in [0.05, 0.1) is 13.2 Å². The molecular formula is C16H17ClNO4P. The fourth-order valence-corrected chi connectivity index (χ4v) is 4.44. The maximum Gasteiger partial charge on any atom is 0.357 e. The van der Waals surface area contributed by atoms with Crippen LogP contribution in [0.1, 0.15) is 17.8 Å². The van der Waals surface area contributed by atoms with Crippen LogP contribution in [0.4, 0.5) is 5.69 Å². The minimum atomic E-state index is -3.36. The molecule has 0 aromatic heterocycles. The van der Waals surface area contributed by atoms with Gasteiger partial charge >= 0.3 is 7.60 Å². The van der Waals surface area contributed by atoms with Gasteiger partial charge in [-0.1, -0.05) is 23.7 Å². The van der Waals surface area contributed by atoms with E-state index >= 15 is 0 Å². The molecule has 5 nitrogen and oxygen atoms in total. The molecule has 2 aromatic carbocycles. The molecule has 0 unspecified atom stereocenters. The summed E-state index contributed by atoms with van der Waals surface area (Å²) >= 11 is 5.90. The number of phenolic OH excluding ortho intramolecular Hbond substituents is 1. The second-order valence-corrected chi connectivity index (χ2v) is 7.75. The van der Waals surface area contributed by atoms with Crippen molar-refractivity contribution in [1.29, 1.82) is 0 Å². The topological polar surface area (TPSA) is 67.8 Å². The van der Waals surface area contributed by atoms with Gasteiger partial charge in [0, 0.05) is 10.7 Å². The molecule has 23 heavy (non-hydrogen) atoms. The van der Waals surface area contributed by atoms with E-state index < -0.39 is 13.4 Å². The summed E-state index contributed by atoms with van der Waals surface area (Å²) in [6.45, 7) is 0.794. The third-order valence-corrected chi connectivity index (χ3v) is 5.90. The maximum absolute atomic E-state index is 13.1. The van der Waals surface area contributed by atoms with Crippen LogP contribution in [0.5, 0.6) is 5.75 Å². The lowest BCUT2D eigenvalue weighted by Gasteiger charge is -2.31. The number of hydrogen-bond donors (Lipinski definition) is 2. The molecule has 0 spiro atoms. The van der Waals surface area contributed by atoms with Gasteiger partial charge in [-0.05, 0) is 48.4 Å². The highest BCUT2D eigenvalue weighted by molar-refractivity contribution is 7.54. The summed E-state index contributed by atoms with van der Waals surface area (Å²) < 4.78 is 24.1. The van der Waals surface area contributed by atoms with E-state index in [-0.39, 0.29) is 5.75 Å². The molecule has 1 fully saturated rings. The number of anilines is 1. The number of rotatable bonds is 4. The number of aromatic hydroxyl groups is 1. The first-order valence-electron chi connectivity index (χ1n) is 7.27. The second-order valence-electron chi connectivity index (χ2n) is 5.21. The summed E-state index contributed by atoms with van der Waals surface area (Å²) in [6.07, 6.45) is 0.716. The van der Waals surface area contributed by atoms with Crippen LogP contribution in [-0.2, 0) is 13.6 Å². The molecule has 122 valence electrons. The van der Waals surface area contributed by atoms with Gasteiger partial charge in [-0.25, -0.2) is 0 Å². The molecule has 1 aliphatic heterocycles. The molecule has 2 aromatic rings. The molecule has 0 bridgehead atoms. The van der Waals surface area contributed by atoms with E-state index in [2.05, 4.69) is 5.32 Å². The Morgan fingerprint density at radius 3 is 2.26 bits per heavy atom. The molecule has 0 saturated carbocycles. The average Bonchev–Trinajstić information content (AvgIpc) is 2.56. The Balaban J connectivity index is 1.93. The first-order chi connectivity index (χ1) is 11.1. The van der Waals surface area contributed by atoms with Crippen LogP contribution in [-0.4, -0.2) is 18.3 Å². The van der Waals surface area contributed by atoms with Gasteiger partial charge in [0.2, 0.25) is 0 Å². The van der Waals surface area contributed by atoms with E-state index in [0.29, 0.717) is 30.2 Å².